The number of benzene rings is 2. The molecule has 0 aliphatic carbocycles. The van der Waals surface area contributed by atoms with Crippen LogP contribution in [0, 0.1) is 25.6 Å². The lowest BCUT2D eigenvalue weighted by Crippen LogP contribution is -2.35. The lowest BCUT2D eigenvalue weighted by Gasteiger charge is -2.29. The molecule has 0 unspecified atom stereocenters. The van der Waals surface area contributed by atoms with Crippen molar-refractivity contribution in [2.24, 2.45) is 5.92 Å². The minimum atomic E-state index is -0.752. The van der Waals surface area contributed by atoms with Crippen LogP contribution >= 0.6 is 0 Å². The predicted molar refractivity (Wildman–Crippen MR) is 112 cm³/mol. The molecule has 0 amide bonds. The van der Waals surface area contributed by atoms with E-state index < -0.39 is 5.97 Å². The number of hydrogen-bond acceptors (Lipinski definition) is 3. The Bertz CT molecular complexity index is 935. The number of likely N-dealkylation sites (tertiary alicyclic amines) is 1. The molecule has 4 nitrogen and oxygen atoms in total. The number of halogens is 1. The number of carboxylic acid groups (broad SMARTS) is 1. The number of aliphatic carboxylic acids is 1. The van der Waals surface area contributed by atoms with Crippen LogP contribution in [-0.2, 0) is 9.53 Å². The topological polar surface area (TPSA) is 49.8 Å². The molecule has 0 radical (unpaired) electrons. The first-order valence-electron chi connectivity index (χ1n) is 9.77. The van der Waals surface area contributed by atoms with Crippen molar-refractivity contribution in [3.8, 4) is 0 Å². The fourth-order valence-corrected chi connectivity index (χ4v) is 3.65. The first-order chi connectivity index (χ1) is 14.0. The smallest absolute Gasteiger partial charge is 0.308 e. The summed E-state index contributed by atoms with van der Waals surface area (Å²) in [6.07, 6.45) is 6.58. The minimum Gasteiger partial charge on any atom is -0.481 e. The molecule has 1 atom stereocenters. The summed E-state index contributed by atoms with van der Waals surface area (Å²) in [4.78, 5) is 13.2. The van der Waals surface area contributed by atoms with Crippen molar-refractivity contribution in [1.29, 1.82) is 0 Å². The summed E-state index contributed by atoms with van der Waals surface area (Å²) in [7, 11) is 0. The molecule has 1 N–H and O–H groups in total. The Morgan fingerprint density at radius 1 is 1.17 bits per heavy atom. The summed E-state index contributed by atoms with van der Waals surface area (Å²) >= 11 is 0. The standard InChI is InChI=1S/C24H26FNO3/c1-17-6-3-4-8-21(17)23(22-10-9-20(25)14-18(22)2)16-29-13-12-26-11-5-7-19(15-26)24(27)28/h3-4,6,8-10,12-14,16,19H,5,7,11,15H2,1-2H3,(H,27,28)/t19-/m1/s1. The van der Waals surface area contributed by atoms with E-state index in [1.54, 1.807) is 24.8 Å². The summed E-state index contributed by atoms with van der Waals surface area (Å²) in [5.41, 5.74) is 4.70. The van der Waals surface area contributed by atoms with Gasteiger partial charge >= 0.3 is 5.97 Å². The van der Waals surface area contributed by atoms with Crippen LogP contribution in [-0.4, -0.2) is 29.1 Å². The van der Waals surface area contributed by atoms with Gasteiger partial charge in [0.1, 0.15) is 12.1 Å². The highest BCUT2D eigenvalue weighted by Crippen LogP contribution is 2.29. The lowest BCUT2D eigenvalue weighted by atomic mass is 9.92. The molecule has 1 saturated heterocycles. The van der Waals surface area contributed by atoms with E-state index in [0.29, 0.717) is 13.0 Å². The highest BCUT2D eigenvalue weighted by atomic mass is 19.1. The van der Waals surface area contributed by atoms with Crippen LogP contribution in [0.2, 0.25) is 0 Å². The highest BCUT2D eigenvalue weighted by molar-refractivity contribution is 5.82. The third-order valence-electron chi connectivity index (χ3n) is 5.25. The Labute approximate surface area is 170 Å². The summed E-state index contributed by atoms with van der Waals surface area (Å²) in [5, 5.41) is 9.21. The van der Waals surface area contributed by atoms with E-state index in [1.165, 1.54) is 12.1 Å². The predicted octanol–water partition coefficient (Wildman–Crippen LogP) is 5.12. The fraction of sp³-hybridized carbons (Fsp3) is 0.292. The molecule has 0 spiro atoms. The van der Waals surface area contributed by atoms with Crippen LogP contribution in [0.5, 0.6) is 0 Å². The van der Waals surface area contributed by atoms with Gasteiger partial charge in [-0.3, -0.25) is 4.79 Å². The van der Waals surface area contributed by atoms with Crippen molar-refractivity contribution in [1.82, 2.24) is 4.90 Å². The quantitative estimate of drug-likeness (QED) is 0.690. The van der Waals surface area contributed by atoms with Gasteiger partial charge in [0, 0.05) is 24.9 Å². The van der Waals surface area contributed by atoms with Gasteiger partial charge in [-0.05, 0) is 61.1 Å². The molecule has 152 valence electrons. The van der Waals surface area contributed by atoms with E-state index in [0.717, 1.165) is 40.8 Å². The Hall–Kier alpha value is -3.08. The van der Waals surface area contributed by atoms with E-state index in [9.17, 15) is 14.3 Å². The summed E-state index contributed by atoms with van der Waals surface area (Å²) < 4.78 is 19.3. The van der Waals surface area contributed by atoms with E-state index >= 15 is 0 Å². The van der Waals surface area contributed by atoms with Gasteiger partial charge in [0.25, 0.3) is 0 Å². The largest absolute Gasteiger partial charge is 0.481 e. The molecule has 1 fully saturated rings. The first kappa shape index (κ1) is 20.6. The Balaban J connectivity index is 1.82. The lowest BCUT2D eigenvalue weighted by molar-refractivity contribution is -0.143. The maximum Gasteiger partial charge on any atom is 0.308 e. The van der Waals surface area contributed by atoms with Gasteiger partial charge < -0.3 is 14.7 Å². The number of carboxylic acids is 1. The molecule has 5 heteroatoms. The number of hydrogen-bond donors (Lipinski definition) is 1. The number of rotatable bonds is 6. The van der Waals surface area contributed by atoms with Crippen LogP contribution in [0.25, 0.3) is 5.57 Å². The summed E-state index contributed by atoms with van der Waals surface area (Å²) in [5.74, 6) is -1.36. The van der Waals surface area contributed by atoms with E-state index in [2.05, 4.69) is 0 Å². The van der Waals surface area contributed by atoms with Gasteiger partial charge in [-0.2, -0.15) is 0 Å². The Morgan fingerprint density at radius 3 is 2.66 bits per heavy atom. The molecule has 1 aliphatic rings. The Morgan fingerprint density at radius 2 is 1.93 bits per heavy atom. The number of ether oxygens (including phenoxy) is 1. The van der Waals surface area contributed by atoms with E-state index in [-0.39, 0.29) is 11.7 Å². The van der Waals surface area contributed by atoms with E-state index in [4.69, 9.17) is 4.74 Å². The number of piperidine rings is 1. The molecule has 2 aromatic carbocycles. The van der Waals surface area contributed by atoms with Crippen molar-refractivity contribution in [2.75, 3.05) is 13.1 Å². The second-order valence-electron chi connectivity index (χ2n) is 7.40. The Kier molecular flexibility index (Phi) is 6.70. The fourth-order valence-electron chi connectivity index (χ4n) is 3.65. The van der Waals surface area contributed by atoms with Gasteiger partial charge in [-0.25, -0.2) is 4.39 Å². The van der Waals surface area contributed by atoms with Crippen molar-refractivity contribution < 1.29 is 19.0 Å². The zero-order valence-electron chi connectivity index (χ0n) is 16.8. The van der Waals surface area contributed by atoms with Crippen LogP contribution < -0.4 is 0 Å². The maximum absolute atomic E-state index is 13.6. The second kappa shape index (κ2) is 9.41. The third kappa shape index (κ3) is 5.25. The van der Waals surface area contributed by atoms with E-state index in [1.807, 2.05) is 43.0 Å². The number of aryl methyl sites for hydroxylation is 2. The molecule has 0 bridgehead atoms. The number of nitrogens with zero attached hydrogens (tertiary/aromatic N) is 1. The summed E-state index contributed by atoms with van der Waals surface area (Å²) in [6, 6.07) is 12.7. The van der Waals surface area contributed by atoms with Gasteiger partial charge in [0.15, 0.2) is 0 Å². The van der Waals surface area contributed by atoms with Crippen molar-refractivity contribution >= 4 is 11.5 Å². The van der Waals surface area contributed by atoms with Gasteiger partial charge in [0.2, 0.25) is 0 Å². The molecule has 29 heavy (non-hydrogen) atoms. The van der Waals surface area contributed by atoms with Crippen molar-refractivity contribution in [3.05, 3.63) is 89.3 Å². The minimum absolute atomic E-state index is 0.269. The zero-order chi connectivity index (χ0) is 20.8. The molecule has 1 heterocycles. The van der Waals surface area contributed by atoms with Gasteiger partial charge in [-0.1, -0.05) is 30.3 Å². The molecular weight excluding hydrogens is 369 g/mol. The molecule has 0 aromatic heterocycles. The number of carbonyl (C=O) groups is 1. The average molecular weight is 395 g/mol. The zero-order valence-corrected chi connectivity index (χ0v) is 16.8. The summed E-state index contributed by atoms with van der Waals surface area (Å²) in [6.45, 7) is 5.20. The van der Waals surface area contributed by atoms with Crippen LogP contribution in [0.3, 0.4) is 0 Å². The van der Waals surface area contributed by atoms with Gasteiger partial charge in [-0.15, -0.1) is 0 Å². The van der Waals surface area contributed by atoms with Crippen LogP contribution in [0.1, 0.15) is 35.1 Å². The molecular formula is C24H26FNO3. The second-order valence-corrected chi connectivity index (χ2v) is 7.40. The molecule has 0 saturated carbocycles. The maximum atomic E-state index is 13.6. The monoisotopic (exact) mass is 395 g/mol. The van der Waals surface area contributed by atoms with Crippen LogP contribution in [0.4, 0.5) is 4.39 Å². The van der Waals surface area contributed by atoms with Gasteiger partial charge in [0.05, 0.1) is 12.2 Å². The SMILES string of the molecule is Cc1ccccc1C(=COC=CN1CCC[C@@H](C(=O)O)C1)c1ccc(F)cc1C. The highest BCUT2D eigenvalue weighted by Gasteiger charge is 2.23. The average Bonchev–Trinajstić information content (AvgIpc) is 2.70. The molecule has 3 rings (SSSR count). The van der Waals surface area contributed by atoms with Crippen LogP contribution in [0.15, 0.2) is 61.2 Å². The molecule has 2 aromatic rings. The van der Waals surface area contributed by atoms with Crippen molar-refractivity contribution in [2.45, 2.75) is 26.7 Å². The normalized spacial score (nSPS) is 17.6. The molecule has 1 aliphatic heterocycles. The third-order valence-corrected chi connectivity index (χ3v) is 5.25. The first-order valence-corrected chi connectivity index (χ1v) is 9.77. The van der Waals surface area contributed by atoms with Crippen molar-refractivity contribution in [3.63, 3.8) is 0 Å².